The number of hydrogen-bond donors (Lipinski definition) is 1. The van der Waals surface area contributed by atoms with Crippen LogP contribution in [0.5, 0.6) is 0 Å². The van der Waals surface area contributed by atoms with E-state index < -0.39 is 0 Å². The Morgan fingerprint density at radius 3 is 2.80 bits per heavy atom. The van der Waals surface area contributed by atoms with Crippen LogP contribution in [0.15, 0.2) is 54.6 Å². The van der Waals surface area contributed by atoms with E-state index in [4.69, 9.17) is 4.98 Å². The highest BCUT2D eigenvalue weighted by atomic mass is 32.1. The molecule has 2 heterocycles. The van der Waals surface area contributed by atoms with Crippen LogP contribution >= 0.6 is 11.3 Å². The quantitative estimate of drug-likeness (QED) is 0.761. The van der Waals surface area contributed by atoms with Crippen molar-refractivity contribution < 1.29 is 4.79 Å². The van der Waals surface area contributed by atoms with Crippen molar-refractivity contribution in [3.05, 3.63) is 65.2 Å². The number of aromatic nitrogens is 1. The van der Waals surface area contributed by atoms with Gasteiger partial charge in [0.15, 0.2) is 0 Å². The molecule has 1 atom stereocenters. The fraction of sp³-hybridized carbons (Fsp3) is 0.300. The van der Waals surface area contributed by atoms with Gasteiger partial charge < -0.3 is 5.32 Å². The molecule has 0 spiro atoms. The van der Waals surface area contributed by atoms with E-state index in [0.29, 0.717) is 13.1 Å². The summed E-state index contributed by atoms with van der Waals surface area (Å²) < 4.78 is 1.22. The fourth-order valence-corrected chi connectivity index (χ4v) is 4.50. The number of thiazole rings is 1. The zero-order valence-electron chi connectivity index (χ0n) is 14.0. The molecule has 1 fully saturated rings. The molecule has 25 heavy (non-hydrogen) atoms. The third-order valence-electron chi connectivity index (χ3n) is 4.64. The van der Waals surface area contributed by atoms with Crippen molar-refractivity contribution in [2.24, 2.45) is 0 Å². The Kier molecular flexibility index (Phi) is 4.76. The van der Waals surface area contributed by atoms with Gasteiger partial charge in [0.25, 0.3) is 0 Å². The number of carbonyl (C=O) groups is 1. The SMILES string of the molecule is O=C(CN1CCC[C@H]1c1nc2ccccc2s1)NCc1ccccc1. The van der Waals surface area contributed by atoms with E-state index in [0.717, 1.165) is 35.5 Å². The predicted octanol–water partition coefficient (Wildman–Crippen LogP) is 3.75. The summed E-state index contributed by atoms with van der Waals surface area (Å²) in [4.78, 5) is 19.4. The molecule has 0 unspecified atom stereocenters. The largest absolute Gasteiger partial charge is 0.351 e. The van der Waals surface area contributed by atoms with Gasteiger partial charge in [0.1, 0.15) is 5.01 Å². The van der Waals surface area contributed by atoms with Crippen molar-refractivity contribution in [2.75, 3.05) is 13.1 Å². The first-order valence-electron chi connectivity index (χ1n) is 8.70. The van der Waals surface area contributed by atoms with Gasteiger partial charge in [0, 0.05) is 6.54 Å². The first-order chi connectivity index (χ1) is 12.3. The Labute approximate surface area is 151 Å². The van der Waals surface area contributed by atoms with Crippen molar-refractivity contribution in [3.8, 4) is 0 Å². The summed E-state index contributed by atoms with van der Waals surface area (Å²) in [5.74, 6) is 0.0804. The third kappa shape index (κ3) is 3.72. The maximum atomic E-state index is 12.4. The molecule has 2 aromatic carbocycles. The van der Waals surface area contributed by atoms with Gasteiger partial charge in [-0.1, -0.05) is 42.5 Å². The monoisotopic (exact) mass is 351 g/mol. The molecule has 5 heteroatoms. The lowest BCUT2D eigenvalue weighted by Crippen LogP contribution is -2.36. The highest BCUT2D eigenvalue weighted by Gasteiger charge is 2.29. The van der Waals surface area contributed by atoms with Gasteiger partial charge in [-0.3, -0.25) is 9.69 Å². The summed E-state index contributed by atoms with van der Waals surface area (Å²) in [5, 5.41) is 4.16. The smallest absolute Gasteiger partial charge is 0.234 e. The van der Waals surface area contributed by atoms with Gasteiger partial charge in [-0.2, -0.15) is 0 Å². The molecule has 1 aliphatic rings. The number of benzene rings is 2. The standard InChI is InChI=1S/C20H21N3OS/c24-19(21-13-15-7-2-1-3-8-15)14-23-12-6-10-17(23)20-22-16-9-4-5-11-18(16)25-20/h1-5,7-9,11,17H,6,10,12-14H2,(H,21,24)/t17-/m0/s1. The van der Waals surface area contributed by atoms with E-state index in [2.05, 4.69) is 22.3 Å². The summed E-state index contributed by atoms with van der Waals surface area (Å²) in [6.07, 6.45) is 2.19. The Bertz CT molecular complexity index is 829. The lowest BCUT2D eigenvalue weighted by Gasteiger charge is -2.22. The Morgan fingerprint density at radius 2 is 1.96 bits per heavy atom. The molecule has 4 rings (SSSR count). The fourth-order valence-electron chi connectivity index (χ4n) is 3.36. The second-order valence-electron chi connectivity index (χ2n) is 6.41. The highest BCUT2D eigenvalue weighted by molar-refractivity contribution is 7.18. The first kappa shape index (κ1) is 16.2. The average Bonchev–Trinajstić information content (AvgIpc) is 3.27. The maximum Gasteiger partial charge on any atom is 0.234 e. The molecule has 1 aliphatic heterocycles. The number of nitrogens with one attached hydrogen (secondary N) is 1. The summed E-state index contributed by atoms with van der Waals surface area (Å²) in [5.41, 5.74) is 2.18. The van der Waals surface area contributed by atoms with Gasteiger partial charge in [-0.15, -0.1) is 11.3 Å². The molecular weight excluding hydrogens is 330 g/mol. The van der Waals surface area contributed by atoms with Gasteiger partial charge in [-0.25, -0.2) is 4.98 Å². The van der Waals surface area contributed by atoms with Gasteiger partial charge in [0.05, 0.1) is 22.8 Å². The predicted molar refractivity (Wildman–Crippen MR) is 101 cm³/mol. The number of hydrogen-bond acceptors (Lipinski definition) is 4. The lowest BCUT2D eigenvalue weighted by atomic mass is 10.2. The molecule has 1 N–H and O–H groups in total. The van der Waals surface area contributed by atoms with E-state index in [9.17, 15) is 4.79 Å². The van der Waals surface area contributed by atoms with E-state index in [1.807, 2.05) is 42.5 Å². The molecule has 0 saturated carbocycles. The number of rotatable bonds is 5. The number of carbonyl (C=O) groups excluding carboxylic acids is 1. The summed E-state index contributed by atoms with van der Waals surface area (Å²) >= 11 is 1.75. The Hall–Kier alpha value is -2.24. The van der Waals surface area contributed by atoms with Gasteiger partial charge in [0.2, 0.25) is 5.91 Å². The van der Waals surface area contributed by atoms with Crippen molar-refractivity contribution in [1.29, 1.82) is 0 Å². The second kappa shape index (κ2) is 7.33. The summed E-state index contributed by atoms with van der Waals surface area (Å²) in [6.45, 7) is 1.98. The van der Waals surface area contributed by atoms with Crippen LogP contribution in [0.4, 0.5) is 0 Å². The van der Waals surface area contributed by atoms with Crippen LogP contribution in [0.2, 0.25) is 0 Å². The number of amides is 1. The van der Waals surface area contributed by atoms with Crippen LogP contribution in [-0.2, 0) is 11.3 Å². The molecule has 0 aliphatic carbocycles. The molecule has 1 saturated heterocycles. The molecule has 1 amide bonds. The van der Waals surface area contributed by atoms with Crippen LogP contribution < -0.4 is 5.32 Å². The van der Waals surface area contributed by atoms with Crippen molar-refractivity contribution in [2.45, 2.75) is 25.4 Å². The minimum atomic E-state index is 0.0804. The lowest BCUT2D eigenvalue weighted by molar-refractivity contribution is -0.122. The first-order valence-corrected chi connectivity index (χ1v) is 9.51. The molecule has 0 bridgehead atoms. The van der Waals surface area contributed by atoms with Crippen LogP contribution in [0.1, 0.15) is 29.5 Å². The van der Waals surface area contributed by atoms with E-state index in [1.54, 1.807) is 11.3 Å². The topological polar surface area (TPSA) is 45.2 Å². The second-order valence-corrected chi connectivity index (χ2v) is 7.47. The summed E-state index contributed by atoms with van der Waals surface area (Å²) in [7, 11) is 0. The van der Waals surface area contributed by atoms with Gasteiger partial charge >= 0.3 is 0 Å². The number of likely N-dealkylation sites (tertiary alicyclic amines) is 1. The highest BCUT2D eigenvalue weighted by Crippen LogP contribution is 2.36. The average molecular weight is 351 g/mol. The molecule has 0 radical (unpaired) electrons. The summed E-state index contributed by atoms with van der Waals surface area (Å²) in [6, 6.07) is 18.5. The molecule has 128 valence electrons. The van der Waals surface area contributed by atoms with Crippen LogP contribution in [0.25, 0.3) is 10.2 Å². The number of para-hydroxylation sites is 1. The Morgan fingerprint density at radius 1 is 1.16 bits per heavy atom. The van der Waals surface area contributed by atoms with Crippen LogP contribution in [-0.4, -0.2) is 28.9 Å². The minimum Gasteiger partial charge on any atom is -0.351 e. The van der Waals surface area contributed by atoms with E-state index in [-0.39, 0.29) is 11.9 Å². The molecular formula is C20H21N3OS. The maximum absolute atomic E-state index is 12.4. The van der Waals surface area contributed by atoms with Crippen LogP contribution in [0, 0.1) is 0 Å². The van der Waals surface area contributed by atoms with Crippen molar-refractivity contribution in [3.63, 3.8) is 0 Å². The zero-order chi connectivity index (χ0) is 17.1. The van der Waals surface area contributed by atoms with Crippen LogP contribution in [0.3, 0.4) is 0 Å². The molecule has 4 nitrogen and oxygen atoms in total. The van der Waals surface area contributed by atoms with Crippen molar-refractivity contribution >= 4 is 27.5 Å². The minimum absolute atomic E-state index is 0.0804. The number of nitrogens with zero attached hydrogens (tertiary/aromatic N) is 2. The third-order valence-corrected chi connectivity index (χ3v) is 5.78. The molecule has 3 aromatic rings. The van der Waals surface area contributed by atoms with E-state index >= 15 is 0 Å². The molecule has 1 aromatic heterocycles. The Balaban J connectivity index is 1.40. The van der Waals surface area contributed by atoms with Gasteiger partial charge in [-0.05, 0) is 37.1 Å². The van der Waals surface area contributed by atoms with E-state index in [1.165, 1.54) is 4.70 Å². The normalized spacial score (nSPS) is 17.8. The number of fused-ring (bicyclic) bond motifs is 1. The zero-order valence-corrected chi connectivity index (χ0v) is 14.8. The van der Waals surface area contributed by atoms with Crippen molar-refractivity contribution in [1.82, 2.24) is 15.2 Å².